The van der Waals surface area contributed by atoms with Crippen molar-refractivity contribution >= 4 is 12.0 Å². The molecule has 0 aromatic carbocycles. The first-order valence-electron chi connectivity index (χ1n) is 7.82. The van der Waals surface area contributed by atoms with E-state index in [2.05, 4.69) is 25.8 Å². The molecule has 0 aromatic heterocycles. The Morgan fingerprint density at radius 3 is 2.43 bits per heavy atom. The van der Waals surface area contributed by atoms with E-state index in [1.807, 2.05) is 4.90 Å². The van der Waals surface area contributed by atoms with Crippen molar-refractivity contribution in [3.63, 3.8) is 0 Å². The minimum absolute atomic E-state index is 0.0710. The molecule has 6 nitrogen and oxygen atoms in total. The lowest BCUT2D eigenvalue weighted by Gasteiger charge is -2.46. The van der Waals surface area contributed by atoms with Gasteiger partial charge in [-0.25, -0.2) is 9.59 Å². The quantitative estimate of drug-likeness (QED) is 0.796. The first-order valence-corrected chi connectivity index (χ1v) is 7.82. The number of carboxylic acids is 1. The number of carbonyl (C=O) groups excluding carboxylic acids is 1. The van der Waals surface area contributed by atoms with Crippen LogP contribution in [0.4, 0.5) is 4.79 Å². The predicted octanol–water partition coefficient (Wildman–Crippen LogP) is 1.46. The van der Waals surface area contributed by atoms with Gasteiger partial charge in [-0.15, -0.1) is 0 Å². The van der Waals surface area contributed by atoms with E-state index in [-0.39, 0.29) is 11.6 Å². The predicted molar refractivity (Wildman–Crippen MR) is 80.3 cm³/mol. The Labute approximate surface area is 126 Å². The lowest BCUT2D eigenvalue weighted by Crippen LogP contribution is -2.62. The van der Waals surface area contributed by atoms with Crippen molar-refractivity contribution in [3.8, 4) is 0 Å². The summed E-state index contributed by atoms with van der Waals surface area (Å²) in [5.74, 6) is -0.876. The number of hydrogen-bond donors (Lipinski definition) is 1. The fourth-order valence-corrected chi connectivity index (χ4v) is 3.18. The van der Waals surface area contributed by atoms with Crippen LogP contribution in [-0.4, -0.2) is 76.6 Å². The summed E-state index contributed by atoms with van der Waals surface area (Å²) in [6.07, 6.45) is 3.35. The van der Waals surface area contributed by atoms with E-state index < -0.39 is 12.0 Å². The molecule has 1 N–H and O–H groups in total. The average Bonchev–Trinajstić information content (AvgIpc) is 2.66. The van der Waals surface area contributed by atoms with Crippen LogP contribution in [0.25, 0.3) is 0 Å². The van der Waals surface area contributed by atoms with Crippen molar-refractivity contribution in [3.05, 3.63) is 0 Å². The molecule has 2 aliphatic heterocycles. The van der Waals surface area contributed by atoms with Gasteiger partial charge >= 0.3 is 12.0 Å². The van der Waals surface area contributed by atoms with Crippen molar-refractivity contribution in [1.82, 2.24) is 14.7 Å². The molecule has 1 unspecified atom stereocenters. The smallest absolute Gasteiger partial charge is 0.326 e. The molecule has 0 aliphatic carbocycles. The lowest BCUT2D eigenvalue weighted by molar-refractivity contribution is -0.142. The van der Waals surface area contributed by atoms with E-state index in [9.17, 15) is 14.7 Å². The Balaban J connectivity index is 2.11. The number of amides is 2. The molecule has 2 rings (SSSR count). The first kappa shape index (κ1) is 16.1. The second kappa shape index (κ2) is 6.22. The number of carbonyl (C=O) groups is 2. The van der Waals surface area contributed by atoms with Crippen LogP contribution < -0.4 is 0 Å². The molecular formula is C15H27N3O3. The molecule has 2 heterocycles. The number of likely N-dealkylation sites (N-methyl/N-ethyl adjacent to an activating group) is 1. The number of nitrogens with zero attached hydrogens (tertiary/aromatic N) is 3. The zero-order chi connectivity index (χ0) is 15.6. The van der Waals surface area contributed by atoms with Crippen molar-refractivity contribution in [1.29, 1.82) is 0 Å². The molecule has 6 heteroatoms. The molecule has 0 saturated carbocycles. The van der Waals surface area contributed by atoms with Crippen LogP contribution in [0.3, 0.4) is 0 Å². The van der Waals surface area contributed by atoms with Gasteiger partial charge in [-0.1, -0.05) is 12.8 Å². The van der Waals surface area contributed by atoms with Crippen LogP contribution in [-0.2, 0) is 4.79 Å². The molecule has 0 radical (unpaired) electrons. The highest BCUT2D eigenvalue weighted by Gasteiger charge is 2.38. The van der Waals surface area contributed by atoms with Crippen molar-refractivity contribution in [2.75, 3.05) is 33.2 Å². The first-order chi connectivity index (χ1) is 9.83. The monoisotopic (exact) mass is 297 g/mol. The molecular weight excluding hydrogens is 270 g/mol. The third kappa shape index (κ3) is 3.48. The van der Waals surface area contributed by atoms with Gasteiger partial charge in [0.2, 0.25) is 0 Å². The van der Waals surface area contributed by atoms with Crippen LogP contribution in [0.2, 0.25) is 0 Å². The summed E-state index contributed by atoms with van der Waals surface area (Å²) in [5.41, 5.74) is -0.0710. The molecule has 120 valence electrons. The van der Waals surface area contributed by atoms with Gasteiger partial charge in [-0.3, -0.25) is 4.90 Å². The second-order valence-corrected chi connectivity index (χ2v) is 6.83. The third-order valence-electron chi connectivity index (χ3n) is 4.87. The standard InChI is InChI=1S/C15H27N3O3/c1-15(2)11-17(10-9-16(15)3)14(21)18-8-6-4-5-7-12(18)13(19)20/h12H,4-11H2,1-3H3,(H,19,20). The number of rotatable bonds is 1. The van der Waals surface area contributed by atoms with E-state index in [0.717, 1.165) is 25.8 Å². The van der Waals surface area contributed by atoms with Crippen LogP contribution in [0.15, 0.2) is 0 Å². The molecule has 0 aromatic rings. The second-order valence-electron chi connectivity index (χ2n) is 6.83. The molecule has 2 amide bonds. The van der Waals surface area contributed by atoms with Gasteiger partial charge in [0.1, 0.15) is 6.04 Å². The van der Waals surface area contributed by atoms with Crippen LogP contribution in [0, 0.1) is 0 Å². The minimum atomic E-state index is -0.876. The van der Waals surface area contributed by atoms with E-state index in [1.165, 1.54) is 0 Å². The SMILES string of the molecule is CN1CCN(C(=O)N2CCCCCC2C(=O)O)CC1(C)C. The van der Waals surface area contributed by atoms with Crippen LogP contribution >= 0.6 is 0 Å². The fourth-order valence-electron chi connectivity index (χ4n) is 3.18. The van der Waals surface area contributed by atoms with E-state index >= 15 is 0 Å². The highest BCUT2D eigenvalue weighted by Crippen LogP contribution is 2.23. The summed E-state index contributed by atoms with van der Waals surface area (Å²) in [6.45, 7) is 6.92. The highest BCUT2D eigenvalue weighted by molar-refractivity contribution is 5.83. The van der Waals surface area contributed by atoms with E-state index in [1.54, 1.807) is 4.90 Å². The van der Waals surface area contributed by atoms with Crippen molar-refractivity contribution in [2.24, 2.45) is 0 Å². The Morgan fingerprint density at radius 2 is 1.81 bits per heavy atom. The maximum absolute atomic E-state index is 12.8. The molecule has 21 heavy (non-hydrogen) atoms. The van der Waals surface area contributed by atoms with E-state index in [4.69, 9.17) is 0 Å². The number of hydrogen-bond acceptors (Lipinski definition) is 3. The number of piperazine rings is 1. The minimum Gasteiger partial charge on any atom is -0.480 e. The topological polar surface area (TPSA) is 64.1 Å². The van der Waals surface area contributed by atoms with Crippen molar-refractivity contribution < 1.29 is 14.7 Å². The maximum Gasteiger partial charge on any atom is 0.326 e. The Kier molecular flexibility index (Phi) is 4.76. The molecule has 0 bridgehead atoms. The van der Waals surface area contributed by atoms with Gasteiger partial charge in [-0.05, 0) is 33.7 Å². The summed E-state index contributed by atoms with van der Waals surface area (Å²) in [4.78, 5) is 29.9. The van der Waals surface area contributed by atoms with Gasteiger partial charge < -0.3 is 14.9 Å². The lowest BCUT2D eigenvalue weighted by atomic mass is 10.00. The Bertz CT molecular complexity index is 411. The number of aliphatic carboxylic acids is 1. The maximum atomic E-state index is 12.8. The number of likely N-dealkylation sites (tertiary alicyclic amines) is 1. The summed E-state index contributed by atoms with van der Waals surface area (Å²) in [5, 5.41) is 9.41. The highest BCUT2D eigenvalue weighted by atomic mass is 16.4. The average molecular weight is 297 g/mol. The number of urea groups is 1. The molecule has 2 aliphatic rings. The van der Waals surface area contributed by atoms with Crippen LogP contribution in [0.5, 0.6) is 0 Å². The fraction of sp³-hybridized carbons (Fsp3) is 0.867. The van der Waals surface area contributed by atoms with Gasteiger partial charge in [0.15, 0.2) is 0 Å². The van der Waals surface area contributed by atoms with E-state index in [0.29, 0.717) is 26.1 Å². The summed E-state index contributed by atoms with van der Waals surface area (Å²) in [6, 6.07) is -0.770. The zero-order valence-corrected chi connectivity index (χ0v) is 13.3. The van der Waals surface area contributed by atoms with Gasteiger partial charge in [0.05, 0.1) is 0 Å². The van der Waals surface area contributed by atoms with Crippen LogP contribution in [0.1, 0.15) is 39.5 Å². The molecule has 1 atom stereocenters. The molecule has 2 saturated heterocycles. The Hall–Kier alpha value is -1.30. The van der Waals surface area contributed by atoms with Gasteiger partial charge in [0.25, 0.3) is 0 Å². The largest absolute Gasteiger partial charge is 0.480 e. The molecule has 0 spiro atoms. The summed E-state index contributed by atoms with van der Waals surface area (Å²) >= 11 is 0. The Morgan fingerprint density at radius 1 is 1.10 bits per heavy atom. The zero-order valence-electron chi connectivity index (χ0n) is 13.3. The van der Waals surface area contributed by atoms with Gasteiger partial charge in [-0.2, -0.15) is 0 Å². The van der Waals surface area contributed by atoms with Crippen molar-refractivity contribution in [2.45, 2.75) is 51.1 Å². The number of carboxylic acid groups (broad SMARTS) is 1. The third-order valence-corrected chi connectivity index (χ3v) is 4.87. The van der Waals surface area contributed by atoms with Gasteiger partial charge in [0, 0.05) is 31.7 Å². The normalized spacial score (nSPS) is 27.3. The molecule has 2 fully saturated rings. The summed E-state index contributed by atoms with van der Waals surface area (Å²) < 4.78 is 0. The summed E-state index contributed by atoms with van der Waals surface area (Å²) in [7, 11) is 2.06.